The molecular weight excluding hydrogens is 593 g/mol. The number of hydrogen-bond acceptors (Lipinski definition) is 0. The summed E-state index contributed by atoms with van der Waals surface area (Å²) < 4.78 is 0. The number of allylic oxidation sites excluding steroid dienone is 2. The lowest BCUT2D eigenvalue weighted by Gasteiger charge is -2.15. The molecule has 49 heavy (non-hydrogen) atoms. The van der Waals surface area contributed by atoms with Gasteiger partial charge in [0, 0.05) is 12.0 Å². The summed E-state index contributed by atoms with van der Waals surface area (Å²) in [7, 11) is 0. The Balaban J connectivity index is 2.23. The van der Waals surface area contributed by atoms with E-state index >= 15 is 0 Å². The molecule has 2 aromatic carbocycles. The summed E-state index contributed by atoms with van der Waals surface area (Å²) >= 11 is 0. The van der Waals surface area contributed by atoms with Crippen LogP contribution in [0.1, 0.15) is 198 Å². The number of nitrogens with zero attached hydrogens (tertiary/aromatic N) is 2. The molecular formula is C47H70N2. The van der Waals surface area contributed by atoms with E-state index in [1.807, 2.05) is 0 Å². The molecule has 0 unspecified atom stereocenters. The van der Waals surface area contributed by atoms with Gasteiger partial charge in [0.25, 0.3) is 0 Å². The van der Waals surface area contributed by atoms with Crippen molar-refractivity contribution in [2.24, 2.45) is 0 Å². The van der Waals surface area contributed by atoms with Gasteiger partial charge >= 0.3 is 5.87 Å². The summed E-state index contributed by atoms with van der Waals surface area (Å²) in [5.74, 6) is 10.2. The van der Waals surface area contributed by atoms with E-state index in [0.717, 1.165) is 61.7 Å². The minimum absolute atomic E-state index is 0.789. The highest BCUT2D eigenvalue weighted by Gasteiger charge is 2.17. The Morgan fingerprint density at radius 1 is 0.551 bits per heavy atom. The topological polar surface area (TPSA) is 36.4 Å². The molecule has 2 nitrogen and oxygen atoms in total. The van der Waals surface area contributed by atoms with Crippen LogP contribution in [0.3, 0.4) is 0 Å². The minimum Gasteiger partial charge on any atom is -0.348 e. The van der Waals surface area contributed by atoms with Crippen molar-refractivity contribution >= 4 is 11.4 Å². The van der Waals surface area contributed by atoms with Crippen molar-refractivity contribution in [2.45, 2.75) is 188 Å². The van der Waals surface area contributed by atoms with Gasteiger partial charge in [0.15, 0.2) is 0 Å². The summed E-state index contributed by atoms with van der Waals surface area (Å²) in [6, 6.07) is 18.1. The normalized spacial score (nSPS) is 11.3. The van der Waals surface area contributed by atoms with E-state index in [1.54, 1.807) is 0 Å². The lowest BCUT2D eigenvalue weighted by Crippen LogP contribution is -2.00. The molecule has 0 aliphatic rings. The predicted octanol–water partition coefficient (Wildman–Crippen LogP) is 14.5. The number of unbranched alkanes of at least 4 members (excludes halogenated alkanes) is 18. The zero-order valence-corrected chi connectivity index (χ0v) is 32.2. The maximum absolute atomic E-state index is 9.72. The Labute approximate surface area is 302 Å². The van der Waals surface area contributed by atoms with Crippen LogP contribution in [-0.4, -0.2) is 10.7 Å². The Kier molecular flexibility index (Phi) is 24.6. The van der Waals surface area contributed by atoms with Crippen molar-refractivity contribution in [3.63, 3.8) is 0 Å². The van der Waals surface area contributed by atoms with Crippen molar-refractivity contribution in [1.29, 1.82) is 0 Å². The fraction of sp³-hybridized carbons (Fsp3) is 0.617. The first kappa shape index (κ1) is 42.1. The first-order valence-corrected chi connectivity index (χ1v) is 20.6. The van der Waals surface area contributed by atoms with Crippen molar-refractivity contribution in [3.05, 3.63) is 87.5 Å². The van der Waals surface area contributed by atoms with Crippen LogP contribution in [0.2, 0.25) is 0 Å². The summed E-state index contributed by atoms with van der Waals surface area (Å²) in [5.41, 5.74) is 17.8. The van der Waals surface area contributed by atoms with Crippen LogP contribution in [-0.2, 0) is 12.8 Å². The summed E-state index contributed by atoms with van der Waals surface area (Å²) in [5, 5.41) is 0. The SMILES string of the molecule is CCCCCCCCCCCCCCCCC#CC(C(=C=[N+]=[N-])CCCC)=C(c1ccc(CCCCC)cc1)c1cccc(CCCC)c1. The second-order valence-electron chi connectivity index (χ2n) is 14.1. The van der Waals surface area contributed by atoms with E-state index in [4.69, 9.17) is 0 Å². The van der Waals surface area contributed by atoms with Gasteiger partial charge in [-0.15, -0.1) is 4.79 Å². The van der Waals surface area contributed by atoms with E-state index in [0.29, 0.717) is 0 Å². The molecule has 0 aliphatic heterocycles. The van der Waals surface area contributed by atoms with Gasteiger partial charge in [-0.05, 0) is 67.2 Å². The van der Waals surface area contributed by atoms with E-state index in [-0.39, 0.29) is 0 Å². The maximum Gasteiger partial charge on any atom is 0.304 e. The first-order chi connectivity index (χ1) is 24.2. The van der Waals surface area contributed by atoms with Gasteiger partial charge in [-0.2, -0.15) is 0 Å². The highest BCUT2D eigenvalue weighted by atomic mass is 14.8. The highest BCUT2D eigenvalue weighted by molar-refractivity contribution is 5.90. The third-order valence-electron chi connectivity index (χ3n) is 9.73. The molecule has 0 amide bonds. The van der Waals surface area contributed by atoms with Crippen molar-refractivity contribution in [3.8, 4) is 11.8 Å². The Morgan fingerprint density at radius 2 is 1.10 bits per heavy atom. The maximum atomic E-state index is 9.72. The van der Waals surface area contributed by atoms with Crippen molar-refractivity contribution < 1.29 is 4.79 Å². The fourth-order valence-corrected chi connectivity index (χ4v) is 6.63. The molecule has 0 N–H and O–H groups in total. The second kappa shape index (κ2) is 28.7. The Morgan fingerprint density at radius 3 is 1.69 bits per heavy atom. The molecule has 0 aliphatic carbocycles. The average molecular weight is 663 g/mol. The second-order valence-corrected chi connectivity index (χ2v) is 14.1. The monoisotopic (exact) mass is 663 g/mol. The van der Waals surface area contributed by atoms with Crippen LogP contribution >= 0.6 is 0 Å². The van der Waals surface area contributed by atoms with Gasteiger partial charge in [-0.25, -0.2) is 0 Å². The summed E-state index contributed by atoms with van der Waals surface area (Å²) in [6.45, 7) is 9.01. The molecule has 0 atom stereocenters. The number of hydrogen-bond donors (Lipinski definition) is 0. The van der Waals surface area contributed by atoms with Gasteiger partial charge in [0.05, 0.1) is 11.1 Å². The van der Waals surface area contributed by atoms with Crippen LogP contribution in [0.25, 0.3) is 11.1 Å². The van der Waals surface area contributed by atoms with Crippen LogP contribution in [0.15, 0.2) is 59.7 Å². The number of aryl methyl sites for hydroxylation is 2. The third kappa shape index (κ3) is 18.5. The van der Waals surface area contributed by atoms with E-state index in [9.17, 15) is 5.53 Å². The molecule has 268 valence electrons. The van der Waals surface area contributed by atoms with Crippen LogP contribution < -0.4 is 0 Å². The standard InChI is InChI=1S/C47H70N2/c1-5-9-13-14-15-16-17-18-19-20-21-22-23-24-25-27-34-46(45(40-49-48)32-12-8-4)47(44-33-28-31-42(39-44)29-11-7-3)43-37-35-41(36-38-43)30-26-10-6-2/h28,31,33,35-39H,5-26,29-30,32H2,1-4H3. The Hall–Kier alpha value is -3.10. The molecule has 0 saturated heterocycles. The zero-order valence-electron chi connectivity index (χ0n) is 32.2. The van der Waals surface area contributed by atoms with Crippen LogP contribution in [0.5, 0.6) is 0 Å². The van der Waals surface area contributed by atoms with Gasteiger partial charge in [0.2, 0.25) is 0 Å². The number of rotatable bonds is 27. The lowest BCUT2D eigenvalue weighted by molar-refractivity contribution is 0.00743. The van der Waals surface area contributed by atoms with E-state index < -0.39 is 0 Å². The fourth-order valence-electron chi connectivity index (χ4n) is 6.63. The first-order valence-electron chi connectivity index (χ1n) is 20.6. The predicted molar refractivity (Wildman–Crippen MR) is 215 cm³/mol. The zero-order chi connectivity index (χ0) is 35.2. The molecule has 0 bridgehead atoms. The molecule has 2 aromatic rings. The van der Waals surface area contributed by atoms with Gasteiger partial charge in [0.1, 0.15) is 0 Å². The van der Waals surface area contributed by atoms with E-state index in [2.05, 4.69) is 98.7 Å². The van der Waals surface area contributed by atoms with Gasteiger partial charge < -0.3 is 5.53 Å². The summed E-state index contributed by atoms with van der Waals surface area (Å²) in [6.07, 6.45) is 31.1. The molecule has 0 spiro atoms. The van der Waals surface area contributed by atoms with Crippen molar-refractivity contribution in [2.75, 3.05) is 0 Å². The summed E-state index contributed by atoms with van der Waals surface area (Å²) in [4.78, 5) is 3.43. The smallest absolute Gasteiger partial charge is 0.304 e. The highest BCUT2D eigenvalue weighted by Crippen LogP contribution is 2.33. The lowest BCUT2D eigenvalue weighted by atomic mass is 9.87. The van der Waals surface area contributed by atoms with E-state index in [1.165, 1.54) is 138 Å². The van der Waals surface area contributed by atoms with Crippen LogP contribution in [0.4, 0.5) is 0 Å². The minimum atomic E-state index is 0.789. The molecule has 0 saturated carbocycles. The molecule has 0 fully saturated rings. The number of benzene rings is 2. The Bertz CT molecular complexity index is 1320. The molecule has 0 aromatic heterocycles. The average Bonchev–Trinajstić information content (AvgIpc) is 3.12. The molecule has 0 radical (unpaired) electrons. The van der Waals surface area contributed by atoms with Crippen LogP contribution in [0, 0.1) is 11.8 Å². The van der Waals surface area contributed by atoms with Gasteiger partial charge in [-0.1, -0.05) is 197 Å². The molecule has 0 heterocycles. The van der Waals surface area contributed by atoms with Gasteiger partial charge in [-0.3, -0.25) is 0 Å². The quantitative estimate of drug-likeness (QED) is 0.0228. The third-order valence-corrected chi connectivity index (χ3v) is 9.73. The largest absolute Gasteiger partial charge is 0.348 e. The molecule has 2 rings (SSSR count). The molecule has 2 heteroatoms. The van der Waals surface area contributed by atoms with Crippen molar-refractivity contribution in [1.82, 2.24) is 0 Å².